The van der Waals surface area contributed by atoms with Crippen molar-refractivity contribution in [1.29, 1.82) is 0 Å². The molecule has 0 radical (unpaired) electrons. The van der Waals surface area contributed by atoms with Gasteiger partial charge in [0.15, 0.2) is 0 Å². The lowest BCUT2D eigenvalue weighted by molar-refractivity contribution is -0.133. The van der Waals surface area contributed by atoms with Gasteiger partial charge >= 0.3 is 0 Å². The smallest absolute Gasteiger partial charge is 0.228 e. The quantitative estimate of drug-likeness (QED) is 0.824. The van der Waals surface area contributed by atoms with Crippen LogP contribution in [0.4, 0.5) is 0 Å². The first kappa shape index (κ1) is 18.4. The van der Waals surface area contributed by atoms with Gasteiger partial charge in [-0.1, -0.05) is 19.0 Å². The van der Waals surface area contributed by atoms with Gasteiger partial charge in [-0.2, -0.15) is 0 Å². The average molecular weight is 349 g/mol. The van der Waals surface area contributed by atoms with E-state index in [0.717, 1.165) is 43.9 Å². The molecule has 1 amide bonds. The lowest BCUT2D eigenvalue weighted by Crippen LogP contribution is -2.54. The van der Waals surface area contributed by atoms with Gasteiger partial charge in [0.05, 0.1) is 17.7 Å². The minimum absolute atomic E-state index is 0.128. The molecule has 2 aliphatic heterocycles. The third-order valence-electron chi connectivity index (χ3n) is 5.75. The van der Waals surface area contributed by atoms with Crippen molar-refractivity contribution in [2.75, 3.05) is 26.3 Å². The molecule has 3 unspecified atom stereocenters. The second kappa shape index (κ2) is 7.87. The molecule has 0 bridgehead atoms. The van der Waals surface area contributed by atoms with Gasteiger partial charge < -0.3 is 19.9 Å². The van der Waals surface area contributed by atoms with Crippen molar-refractivity contribution >= 4 is 5.91 Å². The number of nitrogens with one attached hydrogen (secondary N) is 2. The Bertz CT molecular complexity index is 572. The Morgan fingerprint density at radius 1 is 1.48 bits per heavy atom. The van der Waals surface area contributed by atoms with Crippen molar-refractivity contribution in [1.82, 2.24) is 15.8 Å². The van der Waals surface area contributed by atoms with Crippen LogP contribution in [0.5, 0.6) is 0 Å². The zero-order chi connectivity index (χ0) is 17.9. The molecule has 6 heteroatoms. The van der Waals surface area contributed by atoms with Crippen LogP contribution in [0.3, 0.4) is 0 Å². The number of ether oxygens (including phenoxy) is 1. The number of nitrogens with zero attached hydrogens (tertiary/aromatic N) is 1. The number of hydrogen-bond donors (Lipinski definition) is 2. The molecule has 1 aromatic heterocycles. The first-order valence-corrected chi connectivity index (χ1v) is 9.55. The Morgan fingerprint density at radius 3 is 2.96 bits per heavy atom. The molecule has 2 N–H and O–H groups in total. The summed E-state index contributed by atoms with van der Waals surface area (Å²) in [5.74, 6) is 1.67. The highest BCUT2D eigenvalue weighted by Crippen LogP contribution is 2.33. The number of rotatable bonds is 6. The molecule has 2 fully saturated rings. The van der Waals surface area contributed by atoms with Gasteiger partial charge in [-0.15, -0.1) is 0 Å². The molecule has 0 spiro atoms. The van der Waals surface area contributed by atoms with Crippen LogP contribution in [0.25, 0.3) is 0 Å². The van der Waals surface area contributed by atoms with Crippen LogP contribution in [0.2, 0.25) is 0 Å². The Hall–Kier alpha value is -1.40. The van der Waals surface area contributed by atoms with E-state index in [1.807, 2.05) is 6.07 Å². The van der Waals surface area contributed by atoms with E-state index in [4.69, 9.17) is 9.26 Å². The van der Waals surface area contributed by atoms with Crippen molar-refractivity contribution in [2.45, 2.75) is 58.4 Å². The van der Waals surface area contributed by atoms with Gasteiger partial charge in [0, 0.05) is 37.6 Å². The average Bonchev–Trinajstić information content (AvgIpc) is 3.26. The summed E-state index contributed by atoms with van der Waals surface area (Å²) in [5.41, 5.74) is 0.507. The second-order valence-corrected chi connectivity index (χ2v) is 8.02. The Balaban J connectivity index is 1.73. The van der Waals surface area contributed by atoms with E-state index in [2.05, 4.69) is 36.6 Å². The molecule has 3 rings (SSSR count). The standard InChI is InChI=1S/C19H31N3O3/c1-13(2)14(3)21-18(23)19(6-4-7-20-12-19)10-16-9-17(22-25-16)15-5-8-24-11-15/h9,13-15,20H,4-8,10-12H2,1-3H3,(H,21,23). The van der Waals surface area contributed by atoms with E-state index in [1.165, 1.54) is 0 Å². The lowest BCUT2D eigenvalue weighted by atomic mass is 9.75. The van der Waals surface area contributed by atoms with Crippen LogP contribution < -0.4 is 10.6 Å². The van der Waals surface area contributed by atoms with E-state index in [0.29, 0.717) is 31.4 Å². The van der Waals surface area contributed by atoms with Gasteiger partial charge in [0.1, 0.15) is 5.76 Å². The van der Waals surface area contributed by atoms with E-state index < -0.39 is 5.41 Å². The third-order valence-corrected chi connectivity index (χ3v) is 5.75. The lowest BCUT2D eigenvalue weighted by Gasteiger charge is -2.37. The summed E-state index contributed by atoms with van der Waals surface area (Å²) in [7, 11) is 0. The summed E-state index contributed by atoms with van der Waals surface area (Å²) >= 11 is 0. The number of piperidine rings is 1. The number of hydrogen-bond acceptors (Lipinski definition) is 5. The highest BCUT2D eigenvalue weighted by Gasteiger charge is 2.41. The van der Waals surface area contributed by atoms with E-state index in [1.54, 1.807) is 0 Å². The normalized spacial score (nSPS) is 28.2. The minimum atomic E-state index is -0.454. The summed E-state index contributed by atoms with van der Waals surface area (Å²) in [4.78, 5) is 13.1. The zero-order valence-electron chi connectivity index (χ0n) is 15.6. The van der Waals surface area contributed by atoms with E-state index in [-0.39, 0.29) is 11.9 Å². The SMILES string of the molecule is CC(C)C(C)NC(=O)C1(Cc2cc(C3CCOC3)no2)CCCNC1. The first-order valence-electron chi connectivity index (χ1n) is 9.55. The topological polar surface area (TPSA) is 76.4 Å². The van der Waals surface area contributed by atoms with Crippen LogP contribution in [0.15, 0.2) is 10.6 Å². The van der Waals surface area contributed by atoms with Gasteiger partial charge in [-0.05, 0) is 38.6 Å². The number of carbonyl (C=O) groups is 1. The molecule has 3 atom stereocenters. The van der Waals surface area contributed by atoms with Gasteiger partial charge in [-0.25, -0.2) is 0 Å². The maximum atomic E-state index is 13.1. The first-order chi connectivity index (χ1) is 12.0. The molecule has 0 aliphatic carbocycles. The summed E-state index contributed by atoms with van der Waals surface area (Å²) < 4.78 is 11.0. The maximum absolute atomic E-state index is 13.1. The van der Waals surface area contributed by atoms with Crippen molar-refractivity contribution in [3.05, 3.63) is 17.5 Å². The van der Waals surface area contributed by atoms with Crippen LogP contribution in [-0.2, 0) is 16.0 Å². The molecule has 2 saturated heterocycles. The maximum Gasteiger partial charge on any atom is 0.228 e. The predicted molar refractivity (Wildman–Crippen MR) is 95.4 cm³/mol. The van der Waals surface area contributed by atoms with Gasteiger partial charge in [0.2, 0.25) is 5.91 Å². The summed E-state index contributed by atoms with van der Waals surface area (Å²) in [5, 5.41) is 10.8. The number of carbonyl (C=O) groups excluding carboxylic acids is 1. The minimum Gasteiger partial charge on any atom is -0.381 e. The van der Waals surface area contributed by atoms with Crippen LogP contribution in [-0.4, -0.2) is 43.4 Å². The summed E-state index contributed by atoms with van der Waals surface area (Å²) in [6.07, 6.45) is 3.46. The fourth-order valence-electron chi connectivity index (χ4n) is 3.63. The van der Waals surface area contributed by atoms with E-state index in [9.17, 15) is 4.79 Å². The van der Waals surface area contributed by atoms with Crippen molar-refractivity contribution in [3.8, 4) is 0 Å². The summed E-state index contributed by atoms with van der Waals surface area (Å²) in [6.45, 7) is 9.48. The zero-order valence-corrected chi connectivity index (χ0v) is 15.6. The monoisotopic (exact) mass is 349 g/mol. The molecular weight excluding hydrogens is 318 g/mol. The van der Waals surface area contributed by atoms with Crippen LogP contribution in [0.1, 0.15) is 57.4 Å². The Kier molecular flexibility index (Phi) is 5.79. The number of aromatic nitrogens is 1. The largest absolute Gasteiger partial charge is 0.381 e. The van der Waals surface area contributed by atoms with Crippen molar-refractivity contribution in [3.63, 3.8) is 0 Å². The molecule has 25 heavy (non-hydrogen) atoms. The van der Waals surface area contributed by atoms with Gasteiger partial charge in [0.25, 0.3) is 0 Å². The highest BCUT2D eigenvalue weighted by molar-refractivity contribution is 5.83. The fraction of sp³-hybridized carbons (Fsp3) is 0.789. The Morgan fingerprint density at radius 2 is 2.32 bits per heavy atom. The third kappa shape index (κ3) is 4.23. The Labute approximate surface area is 150 Å². The number of amides is 1. The van der Waals surface area contributed by atoms with Crippen LogP contribution in [0, 0.1) is 11.3 Å². The second-order valence-electron chi connectivity index (χ2n) is 8.02. The van der Waals surface area contributed by atoms with Crippen LogP contribution >= 0.6 is 0 Å². The molecule has 0 aromatic carbocycles. The molecule has 0 saturated carbocycles. The fourth-order valence-corrected chi connectivity index (χ4v) is 3.63. The molecular formula is C19H31N3O3. The predicted octanol–water partition coefficient (Wildman–Crippen LogP) is 2.25. The molecule has 1 aromatic rings. The molecule has 140 valence electrons. The summed E-state index contributed by atoms with van der Waals surface area (Å²) in [6, 6.07) is 2.18. The van der Waals surface area contributed by atoms with Crippen molar-refractivity contribution < 1.29 is 14.1 Å². The van der Waals surface area contributed by atoms with Crippen molar-refractivity contribution in [2.24, 2.45) is 11.3 Å². The molecule has 2 aliphatic rings. The molecule has 6 nitrogen and oxygen atoms in total. The van der Waals surface area contributed by atoms with E-state index >= 15 is 0 Å². The highest BCUT2D eigenvalue weighted by atomic mass is 16.5. The van der Waals surface area contributed by atoms with Gasteiger partial charge in [-0.3, -0.25) is 4.79 Å². The molecule has 3 heterocycles.